The molecule has 0 aliphatic carbocycles. The monoisotopic (exact) mass is 343 g/mol. The zero-order valence-corrected chi connectivity index (χ0v) is 13.2. The van der Waals surface area contributed by atoms with Crippen LogP contribution in [0, 0.1) is 0 Å². The molecule has 132 valence electrons. The van der Waals surface area contributed by atoms with Crippen LogP contribution in [0.5, 0.6) is 5.75 Å². The molecule has 24 heavy (non-hydrogen) atoms. The van der Waals surface area contributed by atoms with Crippen LogP contribution in [0.2, 0.25) is 0 Å². The Balaban J connectivity index is 1.99. The second-order valence-corrected chi connectivity index (χ2v) is 5.19. The number of nitrogens with one attached hydrogen (secondary N) is 1. The standard InChI is InChI=1S/C15H19F2N3O4/c1-10(15(22)20-5-7-23-8-6-20)19-14(21)13-11(3-2-4-18-13)24-9-12(16)17/h2-4,10,12H,5-9H2,1H3,(H,19,21). The molecule has 1 fully saturated rings. The van der Waals surface area contributed by atoms with Crippen molar-refractivity contribution < 1.29 is 27.8 Å². The van der Waals surface area contributed by atoms with Crippen LogP contribution in [0.3, 0.4) is 0 Å². The Morgan fingerprint density at radius 1 is 1.42 bits per heavy atom. The molecule has 1 unspecified atom stereocenters. The number of nitrogens with zero attached hydrogens (tertiary/aromatic N) is 2. The lowest BCUT2D eigenvalue weighted by Gasteiger charge is -2.29. The average molecular weight is 343 g/mol. The van der Waals surface area contributed by atoms with Gasteiger partial charge in [0.2, 0.25) is 5.91 Å². The second kappa shape index (κ2) is 8.53. The quantitative estimate of drug-likeness (QED) is 0.822. The van der Waals surface area contributed by atoms with Crippen molar-refractivity contribution in [1.29, 1.82) is 0 Å². The summed E-state index contributed by atoms with van der Waals surface area (Å²) in [5.41, 5.74) is -0.139. The minimum absolute atomic E-state index is 0.0543. The van der Waals surface area contributed by atoms with E-state index in [4.69, 9.17) is 9.47 Å². The highest BCUT2D eigenvalue weighted by atomic mass is 19.3. The number of carbonyl (C=O) groups is 2. The molecular formula is C15H19F2N3O4. The third kappa shape index (κ3) is 4.85. The number of ether oxygens (including phenoxy) is 2. The van der Waals surface area contributed by atoms with Gasteiger partial charge in [-0.25, -0.2) is 13.8 Å². The number of pyridine rings is 1. The molecule has 2 heterocycles. The van der Waals surface area contributed by atoms with Gasteiger partial charge in [0.15, 0.2) is 11.4 Å². The van der Waals surface area contributed by atoms with Crippen molar-refractivity contribution in [1.82, 2.24) is 15.2 Å². The van der Waals surface area contributed by atoms with Crippen LogP contribution in [0.15, 0.2) is 18.3 Å². The van der Waals surface area contributed by atoms with Crippen molar-refractivity contribution in [3.05, 3.63) is 24.0 Å². The van der Waals surface area contributed by atoms with Crippen molar-refractivity contribution >= 4 is 11.8 Å². The van der Waals surface area contributed by atoms with Crippen molar-refractivity contribution in [2.45, 2.75) is 19.4 Å². The maximum absolute atomic E-state index is 12.3. The minimum atomic E-state index is -2.66. The van der Waals surface area contributed by atoms with Crippen molar-refractivity contribution in [2.75, 3.05) is 32.9 Å². The molecule has 0 radical (unpaired) electrons. The lowest BCUT2D eigenvalue weighted by molar-refractivity contribution is -0.136. The molecule has 2 rings (SSSR count). The van der Waals surface area contributed by atoms with Gasteiger partial charge < -0.3 is 19.7 Å². The summed E-state index contributed by atoms with van der Waals surface area (Å²) in [5.74, 6) is -0.951. The molecule has 0 aromatic carbocycles. The molecule has 1 aliphatic heterocycles. The van der Waals surface area contributed by atoms with Crippen LogP contribution < -0.4 is 10.1 Å². The zero-order valence-electron chi connectivity index (χ0n) is 13.2. The molecule has 1 aliphatic rings. The number of alkyl halides is 2. The van der Waals surface area contributed by atoms with E-state index in [2.05, 4.69) is 10.3 Å². The third-order valence-electron chi connectivity index (χ3n) is 3.39. The highest BCUT2D eigenvalue weighted by molar-refractivity contribution is 5.97. The Bertz CT molecular complexity index is 580. The number of halogens is 2. The molecular weight excluding hydrogens is 324 g/mol. The average Bonchev–Trinajstić information content (AvgIpc) is 2.60. The Morgan fingerprint density at radius 3 is 2.79 bits per heavy atom. The van der Waals surface area contributed by atoms with E-state index in [1.165, 1.54) is 18.3 Å². The number of hydrogen-bond acceptors (Lipinski definition) is 5. The summed E-state index contributed by atoms with van der Waals surface area (Å²) in [6.07, 6.45) is -1.32. The fourth-order valence-electron chi connectivity index (χ4n) is 2.21. The predicted octanol–water partition coefficient (Wildman–Crippen LogP) is 0.703. The Hall–Kier alpha value is -2.29. The lowest BCUT2D eigenvalue weighted by Crippen LogP contribution is -2.50. The molecule has 1 N–H and O–H groups in total. The molecule has 0 saturated carbocycles. The van der Waals surface area contributed by atoms with E-state index >= 15 is 0 Å². The molecule has 2 amide bonds. The Kier molecular flexibility index (Phi) is 6.42. The number of amides is 2. The largest absolute Gasteiger partial charge is 0.485 e. The second-order valence-electron chi connectivity index (χ2n) is 5.19. The smallest absolute Gasteiger partial charge is 0.274 e. The first-order chi connectivity index (χ1) is 11.5. The van der Waals surface area contributed by atoms with E-state index in [1.807, 2.05) is 0 Å². The summed E-state index contributed by atoms with van der Waals surface area (Å²) in [4.78, 5) is 30.0. The minimum Gasteiger partial charge on any atom is -0.485 e. The van der Waals surface area contributed by atoms with Gasteiger partial charge in [-0.05, 0) is 19.1 Å². The highest BCUT2D eigenvalue weighted by Gasteiger charge is 2.25. The molecule has 0 spiro atoms. The van der Waals surface area contributed by atoms with Crippen LogP contribution in [-0.2, 0) is 9.53 Å². The van der Waals surface area contributed by atoms with Gasteiger partial charge in [-0.1, -0.05) is 0 Å². The maximum Gasteiger partial charge on any atom is 0.274 e. The van der Waals surface area contributed by atoms with E-state index in [1.54, 1.807) is 11.8 Å². The Morgan fingerprint density at radius 2 is 2.12 bits per heavy atom. The first-order valence-corrected chi connectivity index (χ1v) is 7.52. The van der Waals surface area contributed by atoms with Gasteiger partial charge in [-0.15, -0.1) is 0 Å². The van der Waals surface area contributed by atoms with Gasteiger partial charge in [0, 0.05) is 19.3 Å². The number of morpholine rings is 1. The first kappa shape index (κ1) is 18.1. The molecule has 1 saturated heterocycles. The topological polar surface area (TPSA) is 80.8 Å². The molecule has 0 bridgehead atoms. The maximum atomic E-state index is 12.3. The summed E-state index contributed by atoms with van der Waals surface area (Å²) in [7, 11) is 0. The molecule has 1 aromatic rings. The zero-order chi connectivity index (χ0) is 17.5. The fraction of sp³-hybridized carbons (Fsp3) is 0.533. The first-order valence-electron chi connectivity index (χ1n) is 7.52. The van der Waals surface area contributed by atoms with E-state index < -0.39 is 25.0 Å². The summed E-state index contributed by atoms with van der Waals surface area (Å²) in [6, 6.07) is 2.07. The summed E-state index contributed by atoms with van der Waals surface area (Å²) >= 11 is 0. The molecule has 1 aromatic heterocycles. The van der Waals surface area contributed by atoms with Crippen LogP contribution in [-0.4, -0.2) is 67.1 Å². The van der Waals surface area contributed by atoms with E-state index in [0.29, 0.717) is 26.3 Å². The summed E-state index contributed by atoms with van der Waals surface area (Å²) in [6.45, 7) is 2.56. The molecule has 7 nitrogen and oxygen atoms in total. The fourth-order valence-corrected chi connectivity index (χ4v) is 2.21. The van der Waals surface area contributed by atoms with Crippen LogP contribution in [0.25, 0.3) is 0 Å². The number of carbonyl (C=O) groups excluding carboxylic acids is 2. The Labute approximate surface area is 137 Å². The third-order valence-corrected chi connectivity index (χ3v) is 3.39. The van der Waals surface area contributed by atoms with Crippen molar-refractivity contribution in [3.63, 3.8) is 0 Å². The number of rotatable bonds is 6. The number of hydrogen-bond donors (Lipinski definition) is 1. The van der Waals surface area contributed by atoms with Crippen LogP contribution >= 0.6 is 0 Å². The molecule has 1 atom stereocenters. The van der Waals surface area contributed by atoms with E-state index in [-0.39, 0.29) is 17.4 Å². The van der Waals surface area contributed by atoms with Gasteiger partial charge in [0.25, 0.3) is 12.3 Å². The normalized spacial score (nSPS) is 15.9. The summed E-state index contributed by atoms with van der Waals surface area (Å²) < 4.78 is 34.6. The van der Waals surface area contributed by atoms with Gasteiger partial charge in [-0.2, -0.15) is 0 Å². The number of aromatic nitrogens is 1. The van der Waals surface area contributed by atoms with E-state index in [9.17, 15) is 18.4 Å². The predicted molar refractivity (Wildman–Crippen MR) is 80.1 cm³/mol. The van der Waals surface area contributed by atoms with Crippen LogP contribution in [0.1, 0.15) is 17.4 Å². The van der Waals surface area contributed by atoms with Crippen molar-refractivity contribution in [2.24, 2.45) is 0 Å². The lowest BCUT2D eigenvalue weighted by atomic mass is 10.2. The summed E-state index contributed by atoms with van der Waals surface area (Å²) in [5, 5.41) is 2.52. The van der Waals surface area contributed by atoms with E-state index in [0.717, 1.165) is 0 Å². The highest BCUT2D eigenvalue weighted by Crippen LogP contribution is 2.16. The molecule has 9 heteroatoms. The van der Waals surface area contributed by atoms with Gasteiger partial charge >= 0.3 is 0 Å². The van der Waals surface area contributed by atoms with Crippen LogP contribution in [0.4, 0.5) is 8.78 Å². The van der Waals surface area contributed by atoms with Gasteiger partial charge in [0.1, 0.15) is 12.6 Å². The SMILES string of the molecule is CC(NC(=O)c1ncccc1OCC(F)F)C(=O)N1CCOCC1. The van der Waals surface area contributed by atoms with Crippen molar-refractivity contribution in [3.8, 4) is 5.75 Å². The van der Waals surface area contributed by atoms with Gasteiger partial charge in [0.05, 0.1) is 13.2 Å². The van der Waals surface area contributed by atoms with Gasteiger partial charge in [-0.3, -0.25) is 9.59 Å².